The molecule has 1 aliphatic heterocycles. The Morgan fingerprint density at radius 1 is 1.16 bits per heavy atom. The summed E-state index contributed by atoms with van der Waals surface area (Å²) in [7, 11) is 0. The van der Waals surface area contributed by atoms with Crippen LogP contribution in [0.25, 0.3) is 0 Å². The van der Waals surface area contributed by atoms with Gasteiger partial charge in [0.2, 0.25) is 0 Å². The van der Waals surface area contributed by atoms with E-state index in [1.165, 1.54) is 17.0 Å². The van der Waals surface area contributed by atoms with E-state index in [1.807, 2.05) is 0 Å². The van der Waals surface area contributed by atoms with Crippen molar-refractivity contribution in [2.45, 2.75) is 12.2 Å². The molecule has 1 aromatic rings. The quantitative estimate of drug-likeness (QED) is 0.845. The molecule has 1 fully saturated rings. The van der Waals surface area contributed by atoms with E-state index in [1.54, 1.807) is 0 Å². The Balaban J connectivity index is 0.00000180. The number of nitrogens with one attached hydrogen (secondary N) is 1. The summed E-state index contributed by atoms with van der Waals surface area (Å²) in [4.78, 5) is 1.34. The van der Waals surface area contributed by atoms with Crippen molar-refractivity contribution in [1.29, 1.82) is 0 Å². The molecule has 2 rings (SSSR count). The van der Waals surface area contributed by atoms with Crippen LogP contribution in [-0.2, 0) is 0 Å². The van der Waals surface area contributed by atoms with Gasteiger partial charge in [-0.25, -0.2) is 4.39 Å². The van der Waals surface area contributed by atoms with Crippen LogP contribution in [0.3, 0.4) is 0 Å². The van der Waals surface area contributed by atoms with Crippen LogP contribution >= 0.6 is 12.4 Å². The summed E-state index contributed by atoms with van der Waals surface area (Å²) in [6.07, 6.45) is -4.40. The molecular formula is C12H15ClF4N2. The standard InChI is InChI=1S/C12H14F4N2.ClH/c13-10-3-1-2-9(8-10)11(12(14,15)16)18-6-4-17-5-7-18;/h1-3,8,11,17H,4-7H2;1H/t11-;/m1./s1. The van der Waals surface area contributed by atoms with Gasteiger partial charge in [-0.05, 0) is 17.7 Å². The molecule has 2 nitrogen and oxygen atoms in total. The van der Waals surface area contributed by atoms with Crippen molar-refractivity contribution >= 4 is 12.4 Å². The van der Waals surface area contributed by atoms with E-state index in [0.29, 0.717) is 26.2 Å². The molecule has 0 aromatic heterocycles. The topological polar surface area (TPSA) is 15.3 Å². The van der Waals surface area contributed by atoms with Crippen LogP contribution in [0.5, 0.6) is 0 Å². The summed E-state index contributed by atoms with van der Waals surface area (Å²) >= 11 is 0. The van der Waals surface area contributed by atoms with Gasteiger partial charge in [0.05, 0.1) is 0 Å². The summed E-state index contributed by atoms with van der Waals surface area (Å²) < 4.78 is 52.5. The zero-order chi connectivity index (χ0) is 13.2. The lowest BCUT2D eigenvalue weighted by atomic mass is 10.0. The minimum absolute atomic E-state index is 0. The van der Waals surface area contributed by atoms with E-state index < -0.39 is 18.0 Å². The Morgan fingerprint density at radius 2 is 1.79 bits per heavy atom. The van der Waals surface area contributed by atoms with Gasteiger partial charge in [0, 0.05) is 26.2 Å². The zero-order valence-corrected chi connectivity index (χ0v) is 10.9. The first-order valence-corrected chi connectivity index (χ1v) is 5.75. The van der Waals surface area contributed by atoms with Crippen LogP contribution in [0, 0.1) is 5.82 Å². The highest BCUT2D eigenvalue weighted by molar-refractivity contribution is 5.85. The Morgan fingerprint density at radius 3 is 2.32 bits per heavy atom. The minimum atomic E-state index is -4.40. The average molecular weight is 299 g/mol. The molecule has 0 amide bonds. The maximum atomic E-state index is 13.1. The first-order valence-electron chi connectivity index (χ1n) is 5.75. The maximum Gasteiger partial charge on any atom is 0.408 e. The van der Waals surface area contributed by atoms with Crippen molar-refractivity contribution in [3.8, 4) is 0 Å². The van der Waals surface area contributed by atoms with Gasteiger partial charge in [0.15, 0.2) is 0 Å². The van der Waals surface area contributed by atoms with Gasteiger partial charge in [0.1, 0.15) is 11.9 Å². The molecule has 0 unspecified atom stereocenters. The van der Waals surface area contributed by atoms with Crippen molar-refractivity contribution < 1.29 is 17.6 Å². The first-order chi connectivity index (χ1) is 8.48. The number of alkyl halides is 3. The number of halogens is 5. The molecule has 1 atom stereocenters. The number of piperazine rings is 1. The van der Waals surface area contributed by atoms with Gasteiger partial charge in [-0.1, -0.05) is 12.1 Å². The highest BCUT2D eigenvalue weighted by Gasteiger charge is 2.44. The molecule has 1 saturated heterocycles. The Kier molecular flexibility index (Phi) is 5.58. The normalized spacial score (nSPS) is 18.7. The lowest BCUT2D eigenvalue weighted by molar-refractivity contribution is -0.187. The smallest absolute Gasteiger partial charge is 0.314 e. The van der Waals surface area contributed by atoms with Crippen molar-refractivity contribution in [1.82, 2.24) is 10.2 Å². The number of hydrogen-bond acceptors (Lipinski definition) is 2. The summed E-state index contributed by atoms with van der Waals surface area (Å²) in [5.41, 5.74) is -0.0376. The van der Waals surface area contributed by atoms with Gasteiger partial charge in [0.25, 0.3) is 0 Å². The van der Waals surface area contributed by atoms with Gasteiger partial charge < -0.3 is 5.32 Å². The fraction of sp³-hybridized carbons (Fsp3) is 0.500. The highest BCUT2D eigenvalue weighted by atomic mass is 35.5. The van der Waals surface area contributed by atoms with Crippen molar-refractivity contribution in [3.05, 3.63) is 35.6 Å². The molecule has 0 saturated carbocycles. The highest BCUT2D eigenvalue weighted by Crippen LogP contribution is 2.37. The summed E-state index contributed by atoms with van der Waals surface area (Å²) in [5, 5.41) is 3.00. The van der Waals surface area contributed by atoms with Crippen molar-refractivity contribution in [3.63, 3.8) is 0 Å². The molecule has 0 radical (unpaired) electrons. The third-order valence-electron chi connectivity index (χ3n) is 2.99. The van der Waals surface area contributed by atoms with Crippen molar-refractivity contribution in [2.24, 2.45) is 0 Å². The summed E-state index contributed by atoms with van der Waals surface area (Å²) in [5.74, 6) is -0.642. The molecule has 0 aliphatic carbocycles. The molecule has 1 N–H and O–H groups in total. The molecule has 1 heterocycles. The van der Waals surface area contributed by atoms with E-state index >= 15 is 0 Å². The molecular weight excluding hydrogens is 284 g/mol. The van der Waals surface area contributed by atoms with Crippen LogP contribution in [-0.4, -0.2) is 37.3 Å². The largest absolute Gasteiger partial charge is 0.408 e. The van der Waals surface area contributed by atoms with Crippen molar-refractivity contribution in [2.75, 3.05) is 26.2 Å². The van der Waals surface area contributed by atoms with E-state index in [2.05, 4.69) is 5.32 Å². The third kappa shape index (κ3) is 4.06. The fourth-order valence-corrected chi connectivity index (χ4v) is 2.22. The number of hydrogen-bond donors (Lipinski definition) is 1. The second kappa shape index (κ2) is 6.54. The Hall–Kier alpha value is -0.850. The maximum absolute atomic E-state index is 13.1. The third-order valence-corrected chi connectivity index (χ3v) is 2.99. The van der Waals surface area contributed by atoms with E-state index in [4.69, 9.17) is 0 Å². The molecule has 1 aliphatic rings. The van der Waals surface area contributed by atoms with Gasteiger partial charge in [-0.3, -0.25) is 4.90 Å². The lowest BCUT2D eigenvalue weighted by Crippen LogP contribution is -2.49. The molecule has 1 aromatic carbocycles. The molecule has 19 heavy (non-hydrogen) atoms. The first kappa shape index (κ1) is 16.2. The molecule has 7 heteroatoms. The van der Waals surface area contributed by atoms with E-state index in [-0.39, 0.29) is 18.0 Å². The van der Waals surface area contributed by atoms with Gasteiger partial charge in [-0.15, -0.1) is 12.4 Å². The SMILES string of the molecule is Cl.Fc1cccc([C@@H](N2CCNCC2)C(F)(F)F)c1. The average Bonchev–Trinajstić information content (AvgIpc) is 2.28. The molecule has 108 valence electrons. The van der Waals surface area contributed by atoms with Crippen LogP contribution in [0.4, 0.5) is 17.6 Å². The molecule has 0 bridgehead atoms. The fourth-order valence-electron chi connectivity index (χ4n) is 2.22. The lowest BCUT2D eigenvalue weighted by Gasteiger charge is -2.36. The Labute approximate surface area is 115 Å². The Bertz CT molecular complexity index is 405. The van der Waals surface area contributed by atoms with E-state index in [0.717, 1.165) is 12.1 Å². The van der Waals surface area contributed by atoms with Crippen LogP contribution in [0.2, 0.25) is 0 Å². The van der Waals surface area contributed by atoms with E-state index in [9.17, 15) is 17.6 Å². The predicted molar refractivity (Wildman–Crippen MR) is 66.9 cm³/mol. The number of benzene rings is 1. The summed E-state index contributed by atoms with van der Waals surface area (Å²) in [6, 6.07) is 3.01. The number of nitrogens with zero attached hydrogens (tertiary/aromatic N) is 1. The van der Waals surface area contributed by atoms with Crippen LogP contribution in [0.15, 0.2) is 24.3 Å². The monoisotopic (exact) mass is 298 g/mol. The van der Waals surface area contributed by atoms with Crippen LogP contribution < -0.4 is 5.32 Å². The van der Waals surface area contributed by atoms with Crippen LogP contribution in [0.1, 0.15) is 11.6 Å². The van der Waals surface area contributed by atoms with Gasteiger partial charge in [-0.2, -0.15) is 13.2 Å². The minimum Gasteiger partial charge on any atom is -0.314 e. The second-order valence-electron chi connectivity index (χ2n) is 4.29. The number of rotatable bonds is 2. The van der Waals surface area contributed by atoms with Gasteiger partial charge >= 0.3 is 6.18 Å². The zero-order valence-electron chi connectivity index (χ0n) is 10.1. The molecule has 0 spiro atoms. The second-order valence-corrected chi connectivity index (χ2v) is 4.29. The predicted octanol–water partition coefficient (Wildman–Crippen LogP) is 2.76. The summed E-state index contributed by atoms with van der Waals surface area (Å²) in [6.45, 7) is 1.64.